The zero-order valence-electron chi connectivity index (χ0n) is 8.28. The van der Waals surface area contributed by atoms with Gasteiger partial charge in [0.1, 0.15) is 0 Å². The summed E-state index contributed by atoms with van der Waals surface area (Å²) in [5, 5.41) is 9.92. The molecule has 0 aliphatic carbocycles. The summed E-state index contributed by atoms with van der Waals surface area (Å²) in [7, 11) is 0. The highest BCUT2D eigenvalue weighted by Gasteiger charge is 2.15. The molecule has 1 aromatic heterocycles. The summed E-state index contributed by atoms with van der Waals surface area (Å²) in [4.78, 5) is 11.3. The van der Waals surface area contributed by atoms with Crippen molar-refractivity contribution in [2.75, 3.05) is 6.54 Å². The van der Waals surface area contributed by atoms with Crippen molar-refractivity contribution in [1.29, 1.82) is 0 Å². The predicted molar refractivity (Wildman–Crippen MR) is 50.9 cm³/mol. The monoisotopic (exact) mass is 195 g/mol. The fraction of sp³-hybridized carbons (Fsp3) is 0.444. The molecule has 0 radical (unpaired) electrons. The van der Waals surface area contributed by atoms with Crippen molar-refractivity contribution in [1.82, 2.24) is 15.5 Å². The molecule has 0 aromatic carbocycles. The Morgan fingerprint density at radius 2 is 2.36 bits per heavy atom. The first-order valence-electron chi connectivity index (χ1n) is 4.37. The maximum atomic E-state index is 11.3. The number of aromatic nitrogens is 2. The molecule has 1 rings (SSSR count). The molecule has 0 atom stereocenters. The first-order valence-corrected chi connectivity index (χ1v) is 4.37. The van der Waals surface area contributed by atoms with Crippen molar-refractivity contribution >= 4 is 5.91 Å². The van der Waals surface area contributed by atoms with Crippen molar-refractivity contribution in [2.45, 2.75) is 19.8 Å². The van der Waals surface area contributed by atoms with Gasteiger partial charge in [-0.1, -0.05) is 19.9 Å². The second kappa shape index (κ2) is 4.55. The minimum absolute atomic E-state index is 0.00412. The Labute approximate surface area is 82.2 Å². The Kier molecular flexibility index (Phi) is 3.39. The van der Waals surface area contributed by atoms with Crippen LogP contribution in [0.5, 0.6) is 0 Å². The highest BCUT2D eigenvalue weighted by molar-refractivity contribution is 5.89. The summed E-state index contributed by atoms with van der Waals surface area (Å²) in [6.07, 6.45) is 1.58. The zero-order chi connectivity index (χ0) is 10.6. The van der Waals surface area contributed by atoms with E-state index in [-0.39, 0.29) is 17.7 Å². The highest BCUT2D eigenvalue weighted by Crippen LogP contribution is 2.11. The Hall–Kier alpha value is -1.65. The number of carbonyl (C=O) groups is 1. The van der Waals surface area contributed by atoms with E-state index in [0.717, 1.165) is 0 Å². The van der Waals surface area contributed by atoms with Gasteiger partial charge >= 0.3 is 11.8 Å². The second-order valence-corrected chi connectivity index (χ2v) is 3.10. The molecule has 0 unspecified atom stereocenters. The third-order valence-corrected chi connectivity index (χ3v) is 1.54. The summed E-state index contributed by atoms with van der Waals surface area (Å²) in [5.74, 6) is 0.219. The quantitative estimate of drug-likeness (QED) is 0.731. The van der Waals surface area contributed by atoms with Gasteiger partial charge in [0.25, 0.3) is 0 Å². The van der Waals surface area contributed by atoms with E-state index in [1.807, 2.05) is 13.8 Å². The molecule has 1 aromatic rings. The normalized spacial score (nSPS) is 10.2. The number of hydrogen-bond acceptors (Lipinski definition) is 4. The van der Waals surface area contributed by atoms with Crippen LogP contribution in [0.1, 0.15) is 36.3 Å². The van der Waals surface area contributed by atoms with Crippen LogP contribution in [0, 0.1) is 0 Å². The molecule has 0 aliphatic rings. The lowest BCUT2D eigenvalue weighted by Gasteiger charge is -1.96. The molecule has 1 amide bonds. The van der Waals surface area contributed by atoms with Crippen LogP contribution < -0.4 is 5.32 Å². The molecule has 5 heteroatoms. The Morgan fingerprint density at radius 1 is 1.64 bits per heavy atom. The number of nitrogens with zero attached hydrogens (tertiary/aromatic N) is 2. The molecule has 0 saturated heterocycles. The molecular weight excluding hydrogens is 182 g/mol. The van der Waals surface area contributed by atoms with Gasteiger partial charge in [-0.3, -0.25) is 4.79 Å². The Morgan fingerprint density at radius 3 is 2.86 bits per heavy atom. The van der Waals surface area contributed by atoms with Crippen LogP contribution in [0.2, 0.25) is 0 Å². The first-order chi connectivity index (χ1) is 6.65. The number of hydrogen-bond donors (Lipinski definition) is 1. The van der Waals surface area contributed by atoms with Crippen LogP contribution in [-0.4, -0.2) is 22.6 Å². The molecule has 1 N–H and O–H groups in total. The van der Waals surface area contributed by atoms with Crippen molar-refractivity contribution in [3.8, 4) is 0 Å². The van der Waals surface area contributed by atoms with Gasteiger partial charge in [-0.2, -0.15) is 0 Å². The average Bonchev–Trinajstić information content (AvgIpc) is 2.62. The van der Waals surface area contributed by atoms with Crippen molar-refractivity contribution in [3.63, 3.8) is 0 Å². The molecule has 14 heavy (non-hydrogen) atoms. The van der Waals surface area contributed by atoms with E-state index in [4.69, 9.17) is 4.42 Å². The van der Waals surface area contributed by atoms with Gasteiger partial charge < -0.3 is 9.73 Å². The fourth-order valence-corrected chi connectivity index (χ4v) is 0.800. The van der Waals surface area contributed by atoms with Gasteiger partial charge in [-0.25, -0.2) is 0 Å². The van der Waals surface area contributed by atoms with Crippen LogP contribution in [0.15, 0.2) is 17.1 Å². The van der Waals surface area contributed by atoms with Gasteiger partial charge in [0, 0.05) is 12.5 Å². The first kappa shape index (κ1) is 10.4. The molecule has 0 saturated carbocycles. The third-order valence-electron chi connectivity index (χ3n) is 1.54. The largest absolute Gasteiger partial charge is 0.417 e. The van der Waals surface area contributed by atoms with Gasteiger partial charge in [-0.05, 0) is 0 Å². The highest BCUT2D eigenvalue weighted by atomic mass is 16.4. The van der Waals surface area contributed by atoms with Crippen LogP contribution in [-0.2, 0) is 0 Å². The zero-order valence-corrected chi connectivity index (χ0v) is 8.28. The summed E-state index contributed by atoms with van der Waals surface area (Å²) in [6.45, 7) is 7.70. The summed E-state index contributed by atoms with van der Waals surface area (Å²) >= 11 is 0. The van der Waals surface area contributed by atoms with E-state index in [2.05, 4.69) is 22.1 Å². The Bertz CT molecular complexity index is 331. The summed E-state index contributed by atoms with van der Waals surface area (Å²) < 4.78 is 5.14. The van der Waals surface area contributed by atoms with E-state index in [0.29, 0.717) is 12.4 Å². The number of rotatable bonds is 4. The van der Waals surface area contributed by atoms with Crippen molar-refractivity contribution in [3.05, 3.63) is 24.4 Å². The van der Waals surface area contributed by atoms with Crippen molar-refractivity contribution in [2.24, 2.45) is 0 Å². The van der Waals surface area contributed by atoms with Crippen LogP contribution in [0.4, 0.5) is 0 Å². The van der Waals surface area contributed by atoms with Crippen LogP contribution in [0.3, 0.4) is 0 Å². The van der Waals surface area contributed by atoms with E-state index in [1.54, 1.807) is 6.08 Å². The lowest BCUT2D eigenvalue weighted by Crippen LogP contribution is -2.23. The lowest BCUT2D eigenvalue weighted by atomic mass is 10.2. The molecule has 0 aliphatic heterocycles. The van der Waals surface area contributed by atoms with Gasteiger partial charge in [0.05, 0.1) is 0 Å². The van der Waals surface area contributed by atoms with E-state index < -0.39 is 0 Å². The van der Waals surface area contributed by atoms with Gasteiger partial charge in [-0.15, -0.1) is 16.8 Å². The molecule has 0 bridgehead atoms. The summed E-state index contributed by atoms with van der Waals surface area (Å²) in [6, 6.07) is 0. The van der Waals surface area contributed by atoms with Gasteiger partial charge in [0.2, 0.25) is 5.89 Å². The molecule has 76 valence electrons. The smallest absolute Gasteiger partial charge is 0.309 e. The number of nitrogens with one attached hydrogen (secondary N) is 1. The Balaban J connectivity index is 2.66. The minimum Gasteiger partial charge on any atom is -0.417 e. The molecular formula is C9H13N3O2. The molecule has 0 fully saturated rings. The minimum atomic E-state index is -0.371. The maximum absolute atomic E-state index is 11.3. The van der Waals surface area contributed by atoms with Gasteiger partial charge in [0.15, 0.2) is 0 Å². The fourth-order valence-electron chi connectivity index (χ4n) is 0.800. The number of carbonyl (C=O) groups excluding carboxylic acids is 1. The third kappa shape index (κ3) is 2.42. The summed E-state index contributed by atoms with van der Waals surface area (Å²) in [5.41, 5.74) is 0. The predicted octanol–water partition coefficient (Wildman–Crippen LogP) is 1.11. The molecule has 0 spiro atoms. The topological polar surface area (TPSA) is 68.0 Å². The molecule has 5 nitrogen and oxygen atoms in total. The van der Waals surface area contributed by atoms with E-state index in [9.17, 15) is 4.79 Å². The van der Waals surface area contributed by atoms with Crippen molar-refractivity contribution < 1.29 is 9.21 Å². The number of amides is 1. The maximum Gasteiger partial charge on any atom is 0.309 e. The SMILES string of the molecule is C=CCNC(=O)c1nnc(C(C)C)o1. The standard InChI is InChI=1S/C9H13N3O2/c1-4-5-10-7(13)9-12-11-8(14-9)6(2)3/h4,6H,1,5H2,2-3H3,(H,10,13). The lowest BCUT2D eigenvalue weighted by molar-refractivity contribution is 0.0921. The average molecular weight is 195 g/mol. The van der Waals surface area contributed by atoms with Crippen LogP contribution in [0.25, 0.3) is 0 Å². The second-order valence-electron chi connectivity index (χ2n) is 3.10. The van der Waals surface area contributed by atoms with E-state index in [1.165, 1.54) is 0 Å². The molecule has 1 heterocycles. The van der Waals surface area contributed by atoms with Crippen LogP contribution >= 0.6 is 0 Å². The van der Waals surface area contributed by atoms with E-state index >= 15 is 0 Å².